The number of carbonyl (C=O) groups excluding carboxylic acids is 2. The first-order valence-corrected chi connectivity index (χ1v) is 11.9. The molecule has 9 nitrogen and oxygen atoms in total. The number of hydrogen-bond donors (Lipinski definition) is 0. The van der Waals surface area contributed by atoms with Gasteiger partial charge in [0, 0.05) is 23.3 Å². The number of carbonyl (C=O) groups is 2. The van der Waals surface area contributed by atoms with Crippen molar-refractivity contribution in [2.45, 2.75) is 25.2 Å². The highest BCUT2D eigenvalue weighted by Crippen LogP contribution is 2.49. The third kappa shape index (κ3) is 3.94. The van der Waals surface area contributed by atoms with Gasteiger partial charge in [0.05, 0.1) is 12.5 Å². The molecule has 3 atom stereocenters. The van der Waals surface area contributed by atoms with E-state index in [2.05, 4.69) is 0 Å². The quantitative estimate of drug-likeness (QED) is 0.608. The molecule has 3 rings (SSSR count). The van der Waals surface area contributed by atoms with E-state index in [1.54, 1.807) is 6.92 Å². The van der Waals surface area contributed by atoms with Gasteiger partial charge in [-0.25, -0.2) is 0 Å². The SMILES string of the molecule is CCOC1c2c(ccc3c2C(=O)C=CC3=O)C(OS(C)(=O)=O)C1OS(C)(=O)=O. The molecule has 28 heavy (non-hydrogen) atoms. The Hall–Kier alpha value is -1.92. The maximum absolute atomic E-state index is 12.5. The summed E-state index contributed by atoms with van der Waals surface area (Å²) in [5.74, 6) is -0.880. The lowest BCUT2D eigenvalue weighted by Crippen LogP contribution is -2.30. The normalized spacial score (nSPS) is 24.3. The van der Waals surface area contributed by atoms with Crippen LogP contribution in [0.15, 0.2) is 24.3 Å². The predicted octanol–water partition coefficient (Wildman–Crippen LogP) is 1.08. The predicted molar refractivity (Wildman–Crippen MR) is 97.0 cm³/mol. The third-order valence-electron chi connectivity index (χ3n) is 4.28. The largest absolute Gasteiger partial charge is 0.371 e. The van der Waals surface area contributed by atoms with Crippen molar-refractivity contribution in [2.24, 2.45) is 0 Å². The first kappa shape index (κ1) is 20.8. The molecular formula is C17H18O9S2. The lowest BCUT2D eigenvalue weighted by molar-refractivity contribution is -0.0487. The fourth-order valence-corrected chi connectivity index (χ4v) is 4.64. The smallest absolute Gasteiger partial charge is 0.265 e. The third-order valence-corrected chi connectivity index (χ3v) is 5.40. The summed E-state index contributed by atoms with van der Waals surface area (Å²) >= 11 is 0. The van der Waals surface area contributed by atoms with Crippen LogP contribution in [0, 0.1) is 0 Å². The van der Waals surface area contributed by atoms with Gasteiger partial charge in [0.1, 0.15) is 18.3 Å². The molecule has 0 saturated heterocycles. The van der Waals surface area contributed by atoms with Crippen molar-refractivity contribution in [1.29, 1.82) is 0 Å². The van der Waals surface area contributed by atoms with Crippen molar-refractivity contribution < 1.29 is 39.5 Å². The number of allylic oxidation sites excluding steroid dienone is 2. The van der Waals surface area contributed by atoms with E-state index in [0.29, 0.717) is 0 Å². The van der Waals surface area contributed by atoms with Gasteiger partial charge in [-0.1, -0.05) is 6.07 Å². The van der Waals surface area contributed by atoms with Crippen LogP contribution in [0.3, 0.4) is 0 Å². The number of hydrogen-bond acceptors (Lipinski definition) is 9. The van der Waals surface area contributed by atoms with Crippen LogP contribution in [0.25, 0.3) is 0 Å². The highest BCUT2D eigenvalue weighted by molar-refractivity contribution is 7.86. The van der Waals surface area contributed by atoms with E-state index in [-0.39, 0.29) is 28.9 Å². The molecule has 0 fully saturated rings. The molecule has 0 aliphatic heterocycles. The fraction of sp³-hybridized carbons (Fsp3) is 0.412. The van der Waals surface area contributed by atoms with E-state index in [9.17, 15) is 26.4 Å². The van der Waals surface area contributed by atoms with Crippen molar-refractivity contribution in [3.63, 3.8) is 0 Å². The van der Waals surface area contributed by atoms with Crippen LogP contribution in [0.1, 0.15) is 51.0 Å². The van der Waals surface area contributed by atoms with Crippen molar-refractivity contribution >= 4 is 31.8 Å². The lowest BCUT2D eigenvalue weighted by Gasteiger charge is -2.24. The minimum Gasteiger partial charge on any atom is -0.371 e. The molecule has 2 aliphatic rings. The zero-order valence-corrected chi connectivity index (χ0v) is 16.9. The van der Waals surface area contributed by atoms with Crippen molar-refractivity contribution in [3.8, 4) is 0 Å². The van der Waals surface area contributed by atoms with E-state index >= 15 is 0 Å². The maximum Gasteiger partial charge on any atom is 0.265 e. The second-order valence-electron chi connectivity index (χ2n) is 6.41. The Kier molecular flexibility index (Phi) is 5.32. The standard InChI is InChI=1S/C17H18O9S2/c1-4-24-16-14-10(6-5-9-11(18)7-8-12(19)13(9)14)15(25-27(2,20)21)17(16)26-28(3,22)23/h5-8,15-17H,4H2,1-3H3. The van der Waals surface area contributed by atoms with Crippen LogP contribution >= 0.6 is 0 Å². The van der Waals surface area contributed by atoms with Gasteiger partial charge in [-0.05, 0) is 30.7 Å². The molecule has 1 aromatic carbocycles. The average Bonchev–Trinajstić information content (AvgIpc) is 2.82. The molecule has 2 aliphatic carbocycles. The number of ether oxygens (including phenoxy) is 1. The molecule has 1 aromatic rings. The first-order chi connectivity index (χ1) is 12.9. The van der Waals surface area contributed by atoms with Gasteiger partial charge in [0.15, 0.2) is 11.6 Å². The minimum atomic E-state index is -4.03. The molecule has 0 saturated carbocycles. The van der Waals surface area contributed by atoms with Gasteiger partial charge in [-0.3, -0.25) is 18.0 Å². The monoisotopic (exact) mass is 430 g/mol. The van der Waals surface area contributed by atoms with E-state index in [1.807, 2.05) is 0 Å². The maximum atomic E-state index is 12.5. The zero-order valence-electron chi connectivity index (χ0n) is 15.2. The molecule has 3 unspecified atom stereocenters. The molecule has 0 bridgehead atoms. The van der Waals surface area contributed by atoms with E-state index in [0.717, 1.165) is 24.7 Å². The molecule has 0 heterocycles. The van der Waals surface area contributed by atoms with Gasteiger partial charge in [-0.15, -0.1) is 0 Å². The molecule has 11 heteroatoms. The number of benzene rings is 1. The molecule has 0 aromatic heterocycles. The summed E-state index contributed by atoms with van der Waals surface area (Å²) in [6.07, 6.45) is -0.0193. The molecule has 0 radical (unpaired) electrons. The Morgan fingerprint density at radius 3 is 2.07 bits per heavy atom. The molecule has 0 spiro atoms. The van der Waals surface area contributed by atoms with Crippen LogP contribution in [-0.2, 0) is 33.3 Å². The van der Waals surface area contributed by atoms with Crippen LogP contribution < -0.4 is 0 Å². The average molecular weight is 430 g/mol. The van der Waals surface area contributed by atoms with E-state index < -0.39 is 50.1 Å². The molecule has 0 N–H and O–H groups in total. The summed E-state index contributed by atoms with van der Waals surface area (Å²) in [5.41, 5.74) is 0.566. The van der Waals surface area contributed by atoms with Gasteiger partial charge in [-0.2, -0.15) is 16.8 Å². The zero-order chi connectivity index (χ0) is 20.9. The van der Waals surface area contributed by atoms with E-state index in [4.69, 9.17) is 13.1 Å². The molecular weight excluding hydrogens is 412 g/mol. The summed E-state index contributed by atoms with van der Waals surface area (Å²) in [7, 11) is -8.05. The second kappa shape index (κ2) is 7.16. The van der Waals surface area contributed by atoms with Crippen molar-refractivity contribution in [2.75, 3.05) is 19.1 Å². The summed E-state index contributed by atoms with van der Waals surface area (Å²) < 4.78 is 63.0. The van der Waals surface area contributed by atoms with Gasteiger partial charge < -0.3 is 4.74 Å². The van der Waals surface area contributed by atoms with Gasteiger partial charge in [0.2, 0.25) is 0 Å². The summed E-state index contributed by atoms with van der Waals surface area (Å²) in [6.45, 7) is 1.76. The number of rotatable bonds is 6. The van der Waals surface area contributed by atoms with Crippen LogP contribution in [0.2, 0.25) is 0 Å². The lowest BCUT2D eigenvalue weighted by atomic mass is 9.88. The van der Waals surface area contributed by atoms with Gasteiger partial charge in [0.25, 0.3) is 20.2 Å². The Morgan fingerprint density at radius 1 is 0.893 bits per heavy atom. The fourth-order valence-electron chi connectivity index (χ4n) is 3.44. The van der Waals surface area contributed by atoms with Crippen LogP contribution in [0.5, 0.6) is 0 Å². The Morgan fingerprint density at radius 2 is 1.50 bits per heavy atom. The Balaban J connectivity index is 2.27. The summed E-state index contributed by atoms with van der Waals surface area (Å²) in [4.78, 5) is 24.7. The van der Waals surface area contributed by atoms with Crippen LogP contribution in [-0.4, -0.2) is 53.6 Å². The summed E-state index contributed by atoms with van der Waals surface area (Å²) in [6, 6.07) is 2.80. The number of ketones is 2. The highest BCUT2D eigenvalue weighted by Gasteiger charge is 2.49. The first-order valence-electron chi connectivity index (χ1n) is 8.24. The summed E-state index contributed by atoms with van der Waals surface area (Å²) in [5, 5.41) is 0. The highest BCUT2D eigenvalue weighted by atomic mass is 32.2. The second-order valence-corrected chi connectivity index (χ2v) is 9.62. The Labute approximate surface area is 162 Å². The number of fused-ring (bicyclic) bond motifs is 3. The van der Waals surface area contributed by atoms with Crippen molar-refractivity contribution in [1.82, 2.24) is 0 Å². The molecule has 0 amide bonds. The van der Waals surface area contributed by atoms with Gasteiger partial charge >= 0.3 is 0 Å². The van der Waals surface area contributed by atoms with Crippen LogP contribution in [0.4, 0.5) is 0 Å². The van der Waals surface area contributed by atoms with Crippen molar-refractivity contribution in [3.05, 3.63) is 46.5 Å². The minimum absolute atomic E-state index is 0.0325. The molecule has 152 valence electrons. The van der Waals surface area contributed by atoms with E-state index in [1.165, 1.54) is 12.1 Å². The Bertz CT molecular complexity index is 1080. The topological polar surface area (TPSA) is 130 Å².